The molecule has 0 saturated carbocycles. The summed E-state index contributed by atoms with van der Waals surface area (Å²) in [5.41, 5.74) is 6.63. The molecule has 0 N–H and O–H groups in total. The first-order chi connectivity index (χ1) is 12.9. The number of fused-ring (bicyclic) bond motifs is 3. The van der Waals surface area contributed by atoms with Crippen LogP contribution < -0.4 is 0 Å². The molecule has 122 valence electrons. The molecule has 0 aliphatic carbocycles. The van der Waals surface area contributed by atoms with Crippen molar-refractivity contribution in [2.75, 3.05) is 0 Å². The Balaban J connectivity index is 1.79. The van der Waals surface area contributed by atoms with Crippen molar-refractivity contribution < 1.29 is 0 Å². The monoisotopic (exact) mass is 332 g/mol. The number of pyridine rings is 2. The maximum absolute atomic E-state index is 4.69. The fourth-order valence-corrected chi connectivity index (χ4v) is 3.47. The minimum Gasteiger partial charge on any atom is -0.256 e. The Bertz CT molecular complexity index is 1210. The summed E-state index contributed by atoms with van der Waals surface area (Å²) in [6, 6.07) is 29.3. The fourth-order valence-electron chi connectivity index (χ4n) is 3.47. The smallest absolute Gasteiger partial charge is 0.0802 e. The largest absolute Gasteiger partial charge is 0.256 e. The zero-order valence-electron chi connectivity index (χ0n) is 14.1. The van der Waals surface area contributed by atoms with E-state index in [4.69, 9.17) is 4.98 Å². The molecule has 2 nitrogen and oxygen atoms in total. The molecular weight excluding hydrogens is 316 g/mol. The minimum atomic E-state index is 0.967. The molecule has 0 radical (unpaired) electrons. The van der Waals surface area contributed by atoms with Crippen LogP contribution in [0.4, 0.5) is 0 Å². The van der Waals surface area contributed by atoms with Gasteiger partial charge in [-0.05, 0) is 41.0 Å². The summed E-state index contributed by atoms with van der Waals surface area (Å²) in [6.07, 6.45) is 3.82. The van der Waals surface area contributed by atoms with Crippen LogP contribution in [0.3, 0.4) is 0 Å². The lowest BCUT2D eigenvalue weighted by Crippen LogP contribution is -1.89. The van der Waals surface area contributed by atoms with Crippen LogP contribution >= 0.6 is 0 Å². The highest BCUT2D eigenvalue weighted by Crippen LogP contribution is 2.32. The predicted octanol–water partition coefficient (Wildman–Crippen LogP) is 6.12. The van der Waals surface area contributed by atoms with Gasteiger partial charge in [-0.25, -0.2) is 0 Å². The molecule has 5 aromatic rings. The van der Waals surface area contributed by atoms with E-state index in [0.717, 1.165) is 32.9 Å². The molecule has 26 heavy (non-hydrogen) atoms. The summed E-state index contributed by atoms with van der Waals surface area (Å²) in [6.45, 7) is 0. The highest BCUT2D eigenvalue weighted by molar-refractivity contribution is 6.09. The van der Waals surface area contributed by atoms with Gasteiger partial charge in [0.1, 0.15) is 0 Å². The molecule has 0 bridgehead atoms. The van der Waals surface area contributed by atoms with Gasteiger partial charge in [0, 0.05) is 28.7 Å². The fraction of sp³-hybridized carbons (Fsp3) is 0. The lowest BCUT2D eigenvalue weighted by atomic mass is 9.98. The van der Waals surface area contributed by atoms with Gasteiger partial charge in [0.25, 0.3) is 0 Å². The van der Waals surface area contributed by atoms with Gasteiger partial charge in [0.2, 0.25) is 0 Å². The van der Waals surface area contributed by atoms with E-state index >= 15 is 0 Å². The molecule has 0 unspecified atom stereocenters. The third kappa shape index (κ3) is 2.44. The van der Waals surface area contributed by atoms with E-state index in [9.17, 15) is 0 Å². The average Bonchev–Trinajstić information content (AvgIpc) is 2.74. The Morgan fingerprint density at radius 3 is 2.04 bits per heavy atom. The summed E-state index contributed by atoms with van der Waals surface area (Å²) in [5.74, 6) is 0. The highest BCUT2D eigenvalue weighted by Gasteiger charge is 2.09. The Labute approximate surface area is 151 Å². The zero-order valence-corrected chi connectivity index (χ0v) is 14.1. The lowest BCUT2D eigenvalue weighted by molar-refractivity contribution is 1.39. The molecule has 2 aromatic heterocycles. The Kier molecular flexibility index (Phi) is 3.46. The van der Waals surface area contributed by atoms with Crippen LogP contribution in [0, 0.1) is 0 Å². The zero-order chi connectivity index (χ0) is 17.3. The van der Waals surface area contributed by atoms with Crippen molar-refractivity contribution in [1.29, 1.82) is 0 Å². The maximum Gasteiger partial charge on any atom is 0.0802 e. The maximum atomic E-state index is 4.69. The van der Waals surface area contributed by atoms with E-state index in [0.29, 0.717) is 0 Å². The molecule has 5 rings (SSSR count). The first-order valence-corrected chi connectivity index (χ1v) is 8.68. The van der Waals surface area contributed by atoms with E-state index < -0.39 is 0 Å². The van der Waals surface area contributed by atoms with Crippen molar-refractivity contribution in [3.8, 4) is 22.3 Å². The summed E-state index contributed by atoms with van der Waals surface area (Å²) < 4.78 is 0. The third-order valence-corrected chi connectivity index (χ3v) is 4.76. The summed E-state index contributed by atoms with van der Waals surface area (Å²) >= 11 is 0. The molecule has 0 spiro atoms. The van der Waals surface area contributed by atoms with Crippen LogP contribution in [0.2, 0.25) is 0 Å². The van der Waals surface area contributed by atoms with Gasteiger partial charge in [0.05, 0.1) is 11.0 Å². The predicted molar refractivity (Wildman–Crippen MR) is 108 cm³/mol. The molecule has 0 aliphatic heterocycles. The molecule has 0 amide bonds. The quantitative estimate of drug-likeness (QED) is 0.364. The molecule has 0 saturated heterocycles. The van der Waals surface area contributed by atoms with E-state index in [1.165, 1.54) is 11.1 Å². The van der Waals surface area contributed by atoms with E-state index in [-0.39, 0.29) is 0 Å². The molecule has 0 aliphatic rings. The van der Waals surface area contributed by atoms with Crippen molar-refractivity contribution in [1.82, 2.24) is 9.97 Å². The van der Waals surface area contributed by atoms with Crippen molar-refractivity contribution in [3.05, 3.63) is 97.3 Å². The van der Waals surface area contributed by atoms with E-state index in [1.54, 1.807) is 0 Å². The second-order valence-electron chi connectivity index (χ2n) is 6.34. The molecule has 0 fully saturated rings. The number of benzene rings is 3. The SMILES string of the molecule is c1ccc(-c2cnc3ccc4c(-c5ccccc5)ccnc4c3c2)cc1. The lowest BCUT2D eigenvalue weighted by Gasteiger charge is -2.10. The summed E-state index contributed by atoms with van der Waals surface area (Å²) in [5, 5.41) is 2.24. The first kappa shape index (κ1) is 14.8. The Morgan fingerprint density at radius 1 is 0.538 bits per heavy atom. The number of hydrogen-bond donors (Lipinski definition) is 0. The number of aromatic nitrogens is 2. The van der Waals surface area contributed by atoms with Gasteiger partial charge in [-0.2, -0.15) is 0 Å². The van der Waals surface area contributed by atoms with Crippen LogP contribution in [-0.4, -0.2) is 9.97 Å². The Hall–Kier alpha value is -3.52. The topological polar surface area (TPSA) is 25.8 Å². The van der Waals surface area contributed by atoms with E-state index in [1.807, 2.05) is 36.7 Å². The normalized spacial score (nSPS) is 11.1. The standard InChI is InChI=1S/C24H16N2/c1-3-7-17(8-4-1)19-15-22-23(26-16-19)12-11-21-20(13-14-25-24(21)22)18-9-5-2-6-10-18/h1-16H. The van der Waals surface area contributed by atoms with Gasteiger partial charge >= 0.3 is 0 Å². The van der Waals surface area contributed by atoms with Crippen LogP contribution in [0.25, 0.3) is 44.1 Å². The van der Waals surface area contributed by atoms with Crippen LogP contribution in [-0.2, 0) is 0 Å². The van der Waals surface area contributed by atoms with Crippen LogP contribution in [0.15, 0.2) is 97.3 Å². The molecule has 2 heterocycles. The minimum absolute atomic E-state index is 0.967. The van der Waals surface area contributed by atoms with Gasteiger partial charge in [0.15, 0.2) is 0 Å². The van der Waals surface area contributed by atoms with Crippen molar-refractivity contribution in [3.63, 3.8) is 0 Å². The van der Waals surface area contributed by atoms with Crippen molar-refractivity contribution in [2.45, 2.75) is 0 Å². The number of rotatable bonds is 2. The first-order valence-electron chi connectivity index (χ1n) is 8.68. The average molecular weight is 332 g/mol. The van der Waals surface area contributed by atoms with Gasteiger partial charge in [-0.15, -0.1) is 0 Å². The highest BCUT2D eigenvalue weighted by atomic mass is 14.7. The Morgan fingerprint density at radius 2 is 1.27 bits per heavy atom. The van der Waals surface area contributed by atoms with E-state index in [2.05, 4.69) is 65.6 Å². The molecule has 2 heteroatoms. The van der Waals surface area contributed by atoms with Gasteiger partial charge < -0.3 is 0 Å². The summed E-state index contributed by atoms with van der Waals surface area (Å²) in [7, 11) is 0. The molecule has 3 aromatic carbocycles. The second kappa shape index (κ2) is 6.08. The van der Waals surface area contributed by atoms with Crippen molar-refractivity contribution >= 4 is 21.8 Å². The third-order valence-electron chi connectivity index (χ3n) is 4.76. The molecule has 0 atom stereocenters. The number of hydrogen-bond acceptors (Lipinski definition) is 2. The molecular formula is C24H16N2. The van der Waals surface area contributed by atoms with Crippen LogP contribution in [0.1, 0.15) is 0 Å². The second-order valence-corrected chi connectivity index (χ2v) is 6.34. The summed E-state index contributed by atoms with van der Waals surface area (Å²) in [4.78, 5) is 9.36. The van der Waals surface area contributed by atoms with Gasteiger partial charge in [-0.3, -0.25) is 9.97 Å². The van der Waals surface area contributed by atoms with Crippen molar-refractivity contribution in [2.24, 2.45) is 0 Å². The number of nitrogens with zero attached hydrogens (tertiary/aromatic N) is 2. The van der Waals surface area contributed by atoms with Gasteiger partial charge in [-0.1, -0.05) is 60.7 Å². The van der Waals surface area contributed by atoms with Crippen LogP contribution in [0.5, 0.6) is 0 Å².